The first kappa shape index (κ1) is 13.5. The number of nitrogens with zero attached hydrogens (tertiary/aromatic N) is 1. The third kappa shape index (κ3) is 2.61. The maximum atomic E-state index is 13.6. The van der Waals surface area contributed by atoms with E-state index in [0.29, 0.717) is 0 Å². The summed E-state index contributed by atoms with van der Waals surface area (Å²) in [5.41, 5.74) is 0.467. The van der Waals surface area contributed by atoms with E-state index in [-0.39, 0.29) is 5.56 Å². The van der Waals surface area contributed by atoms with Crippen LogP contribution in [-0.2, 0) is 0 Å². The molecule has 0 amide bonds. The average Bonchev–Trinajstić information content (AvgIpc) is 2.44. The number of benzene rings is 1. The fraction of sp³-hybridized carbons (Fsp3) is 0.214. The number of aromatic nitrogens is 1. The molecule has 0 saturated heterocycles. The van der Waals surface area contributed by atoms with Gasteiger partial charge < -0.3 is 5.11 Å². The van der Waals surface area contributed by atoms with E-state index in [0.717, 1.165) is 17.7 Å². The first-order valence-corrected chi connectivity index (χ1v) is 5.73. The van der Waals surface area contributed by atoms with Crippen molar-refractivity contribution < 1.29 is 18.3 Å². The SMILES string of the molecule is CC(c1ccncc1)C(O)c1ccc(F)c(F)c1F. The van der Waals surface area contributed by atoms with Crippen LogP contribution in [0.2, 0.25) is 0 Å². The number of rotatable bonds is 3. The summed E-state index contributed by atoms with van der Waals surface area (Å²) in [5, 5.41) is 10.1. The second-order valence-corrected chi connectivity index (χ2v) is 4.28. The Hall–Kier alpha value is -1.88. The third-order valence-corrected chi connectivity index (χ3v) is 3.09. The van der Waals surface area contributed by atoms with Gasteiger partial charge in [0, 0.05) is 23.9 Å². The Labute approximate surface area is 108 Å². The van der Waals surface area contributed by atoms with Crippen molar-refractivity contribution in [1.82, 2.24) is 4.98 Å². The highest BCUT2D eigenvalue weighted by atomic mass is 19.2. The van der Waals surface area contributed by atoms with Gasteiger partial charge in [-0.15, -0.1) is 0 Å². The molecule has 0 radical (unpaired) electrons. The van der Waals surface area contributed by atoms with Crippen molar-refractivity contribution in [2.45, 2.75) is 18.9 Å². The summed E-state index contributed by atoms with van der Waals surface area (Å²) in [6.45, 7) is 1.67. The van der Waals surface area contributed by atoms with Crippen LogP contribution in [0.25, 0.3) is 0 Å². The molecular weight excluding hydrogens is 255 g/mol. The summed E-state index contributed by atoms with van der Waals surface area (Å²) in [6, 6.07) is 5.20. The minimum Gasteiger partial charge on any atom is -0.388 e. The lowest BCUT2D eigenvalue weighted by atomic mass is 9.91. The molecule has 5 heteroatoms. The van der Waals surface area contributed by atoms with Gasteiger partial charge in [0.15, 0.2) is 17.5 Å². The van der Waals surface area contributed by atoms with Crippen LogP contribution in [-0.4, -0.2) is 10.1 Å². The molecule has 1 aromatic heterocycles. The van der Waals surface area contributed by atoms with Crippen molar-refractivity contribution in [3.05, 3.63) is 65.2 Å². The Balaban J connectivity index is 2.35. The van der Waals surface area contributed by atoms with Crippen molar-refractivity contribution >= 4 is 0 Å². The predicted molar refractivity (Wildman–Crippen MR) is 63.9 cm³/mol. The smallest absolute Gasteiger partial charge is 0.194 e. The molecule has 1 N–H and O–H groups in total. The Morgan fingerprint density at radius 1 is 1.00 bits per heavy atom. The van der Waals surface area contributed by atoms with E-state index in [1.54, 1.807) is 31.5 Å². The summed E-state index contributed by atoms with van der Waals surface area (Å²) < 4.78 is 39.6. The van der Waals surface area contributed by atoms with Crippen LogP contribution < -0.4 is 0 Å². The molecule has 0 fully saturated rings. The maximum Gasteiger partial charge on any atom is 0.194 e. The zero-order valence-corrected chi connectivity index (χ0v) is 10.1. The van der Waals surface area contributed by atoms with Gasteiger partial charge >= 0.3 is 0 Å². The Morgan fingerprint density at radius 3 is 2.26 bits per heavy atom. The second-order valence-electron chi connectivity index (χ2n) is 4.28. The van der Waals surface area contributed by atoms with Gasteiger partial charge in [0.25, 0.3) is 0 Å². The summed E-state index contributed by atoms with van der Waals surface area (Å²) in [6.07, 6.45) is 1.82. The van der Waals surface area contributed by atoms with Gasteiger partial charge in [-0.2, -0.15) is 0 Å². The monoisotopic (exact) mass is 267 g/mol. The highest BCUT2D eigenvalue weighted by Crippen LogP contribution is 2.32. The molecule has 0 aliphatic rings. The fourth-order valence-electron chi connectivity index (χ4n) is 1.89. The maximum absolute atomic E-state index is 13.6. The second kappa shape index (κ2) is 5.40. The lowest BCUT2D eigenvalue weighted by Crippen LogP contribution is -2.11. The quantitative estimate of drug-likeness (QED) is 0.865. The number of aliphatic hydroxyl groups excluding tert-OH is 1. The first-order chi connectivity index (χ1) is 9.02. The minimum absolute atomic E-state index is 0.261. The molecule has 2 unspecified atom stereocenters. The Morgan fingerprint density at radius 2 is 1.63 bits per heavy atom. The first-order valence-electron chi connectivity index (χ1n) is 5.73. The highest BCUT2D eigenvalue weighted by Gasteiger charge is 2.24. The molecular formula is C14H12F3NO. The number of aliphatic hydroxyl groups is 1. The molecule has 2 rings (SSSR count). The van der Waals surface area contributed by atoms with Gasteiger partial charge in [-0.3, -0.25) is 4.98 Å². The van der Waals surface area contributed by atoms with E-state index < -0.39 is 29.5 Å². The fourth-order valence-corrected chi connectivity index (χ4v) is 1.89. The van der Waals surface area contributed by atoms with Crippen molar-refractivity contribution in [3.8, 4) is 0 Å². The van der Waals surface area contributed by atoms with Crippen molar-refractivity contribution in [3.63, 3.8) is 0 Å². The van der Waals surface area contributed by atoms with Crippen molar-refractivity contribution in [1.29, 1.82) is 0 Å². The topological polar surface area (TPSA) is 33.1 Å². The molecule has 2 atom stereocenters. The number of hydrogen-bond donors (Lipinski definition) is 1. The largest absolute Gasteiger partial charge is 0.388 e. The lowest BCUT2D eigenvalue weighted by molar-refractivity contribution is 0.145. The molecule has 1 aromatic carbocycles. The Bertz CT molecular complexity index is 574. The molecule has 0 aliphatic carbocycles. The average molecular weight is 267 g/mol. The molecule has 0 spiro atoms. The molecule has 100 valence electrons. The molecule has 19 heavy (non-hydrogen) atoms. The van der Waals surface area contributed by atoms with Crippen LogP contribution in [0, 0.1) is 17.5 Å². The van der Waals surface area contributed by atoms with E-state index in [2.05, 4.69) is 4.98 Å². The van der Waals surface area contributed by atoms with Crippen LogP contribution in [0.5, 0.6) is 0 Å². The zero-order chi connectivity index (χ0) is 14.0. The van der Waals surface area contributed by atoms with Crippen LogP contribution in [0.4, 0.5) is 13.2 Å². The summed E-state index contributed by atoms with van der Waals surface area (Å²) in [7, 11) is 0. The Kier molecular flexibility index (Phi) is 3.85. The third-order valence-electron chi connectivity index (χ3n) is 3.09. The van der Waals surface area contributed by atoms with E-state index in [4.69, 9.17) is 0 Å². The highest BCUT2D eigenvalue weighted by molar-refractivity contribution is 5.27. The van der Waals surface area contributed by atoms with E-state index >= 15 is 0 Å². The van der Waals surface area contributed by atoms with Gasteiger partial charge in [0.05, 0.1) is 6.10 Å². The van der Waals surface area contributed by atoms with Crippen molar-refractivity contribution in [2.75, 3.05) is 0 Å². The molecule has 0 saturated carbocycles. The van der Waals surface area contributed by atoms with Gasteiger partial charge in [0.2, 0.25) is 0 Å². The summed E-state index contributed by atoms with van der Waals surface area (Å²) in [4.78, 5) is 3.84. The summed E-state index contributed by atoms with van der Waals surface area (Å²) >= 11 is 0. The van der Waals surface area contributed by atoms with Crippen LogP contribution in [0.1, 0.15) is 30.1 Å². The van der Waals surface area contributed by atoms with Crippen molar-refractivity contribution in [2.24, 2.45) is 0 Å². The molecule has 2 aromatic rings. The number of pyridine rings is 1. The number of halogens is 3. The standard InChI is InChI=1S/C14H12F3NO/c1-8(9-4-6-18-7-5-9)14(19)10-2-3-11(15)13(17)12(10)16/h2-8,14,19H,1H3. The molecule has 2 nitrogen and oxygen atoms in total. The van der Waals surface area contributed by atoms with E-state index in [1.165, 1.54) is 0 Å². The van der Waals surface area contributed by atoms with Gasteiger partial charge in [-0.1, -0.05) is 13.0 Å². The molecule has 0 aliphatic heterocycles. The van der Waals surface area contributed by atoms with Crippen LogP contribution in [0.15, 0.2) is 36.7 Å². The van der Waals surface area contributed by atoms with Crippen LogP contribution >= 0.6 is 0 Å². The lowest BCUT2D eigenvalue weighted by Gasteiger charge is -2.20. The minimum atomic E-state index is -1.57. The van der Waals surface area contributed by atoms with Gasteiger partial charge in [-0.25, -0.2) is 13.2 Å². The molecule has 1 heterocycles. The normalized spacial score (nSPS) is 14.2. The zero-order valence-electron chi connectivity index (χ0n) is 10.1. The molecule has 0 bridgehead atoms. The predicted octanol–water partition coefficient (Wildman–Crippen LogP) is 3.34. The number of hydrogen-bond acceptors (Lipinski definition) is 2. The van der Waals surface area contributed by atoms with Gasteiger partial charge in [-0.05, 0) is 23.8 Å². The van der Waals surface area contributed by atoms with Crippen LogP contribution in [0.3, 0.4) is 0 Å². The van der Waals surface area contributed by atoms with E-state index in [1.807, 2.05) is 0 Å². The van der Waals surface area contributed by atoms with Gasteiger partial charge in [0.1, 0.15) is 0 Å². The summed E-state index contributed by atoms with van der Waals surface area (Å²) in [5.74, 6) is -4.67. The van der Waals surface area contributed by atoms with E-state index in [9.17, 15) is 18.3 Å².